The molecule has 1 aromatic rings. The number of rotatable bonds is 4. The Hall–Kier alpha value is -1.89. The maximum Gasteiger partial charge on any atom is 0.325 e. The summed E-state index contributed by atoms with van der Waals surface area (Å²) in [5.74, 6) is -0.326. The highest BCUT2D eigenvalue weighted by atomic mass is 32.1. The molecule has 2 N–H and O–H groups in total. The molecule has 7 heteroatoms. The lowest BCUT2D eigenvalue weighted by Crippen LogP contribution is -2.47. The van der Waals surface area contributed by atoms with Crippen LogP contribution in [0.25, 0.3) is 0 Å². The summed E-state index contributed by atoms with van der Waals surface area (Å²) in [5.41, 5.74) is -0.0789. The molecule has 0 bridgehead atoms. The molecular weight excluding hydrogens is 326 g/mol. The fourth-order valence-corrected chi connectivity index (χ4v) is 4.29. The van der Waals surface area contributed by atoms with Gasteiger partial charge in [0.2, 0.25) is 5.91 Å². The van der Waals surface area contributed by atoms with Crippen molar-refractivity contribution in [1.29, 1.82) is 0 Å². The predicted octanol–water partition coefficient (Wildman–Crippen LogP) is 1.99. The van der Waals surface area contributed by atoms with Crippen molar-refractivity contribution in [2.24, 2.45) is 5.92 Å². The molecule has 0 saturated carbocycles. The van der Waals surface area contributed by atoms with Crippen LogP contribution in [0, 0.1) is 5.92 Å². The number of hydrogen-bond acceptors (Lipinski definition) is 4. The minimum Gasteiger partial charge on any atom is -0.352 e. The first kappa shape index (κ1) is 17.0. The summed E-state index contributed by atoms with van der Waals surface area (Å²) in [6, 6.07) is 1.43. The van der Waals surface area contributed by atoms with Gasteiger partial charge in [-0.25, -0.2) is 4.79 Å². The van der Waals surface area contributed by atoms with Gasteiger partial charge in [-0.1, -0.05) is 13.8 Å². The molecule has 1 fully saturated rings. The normalized spacial score (nSPS) is 24.2. The Bertz CT molecular complexity index is 684. The monoisotopic (exact) mass is 349 g/mol. The Morgan fingerprint density at radius 3 is 2.88 bits per heavy atom. The third-order valence-corrected chi connectivity index (χ3v) is 6.01. The summed E-state index contributed by atoms with van der Waals surface area (Å²) in [4.78, 5) is 39.7. The Morgan fingerprint density at radius 1 is 1.42 bits per heavy atom. The molecule has 0 unspecified atom stereocenters. The number of amides is 4. The van der Waals surface area contributed by atoms with E-state index in [2.05, 4.69) is 10.6 Å². The third kappa shape index (κ3) is 2.70. The van der Waals surface area contributed by atoms with E-state index in [1.165, 1.54) is 0 Å². The molecule has 0 aromatic carbocycles. The van der Waals surface area contributed by atoms with E-state index in [4.69, 9.17) is 0 Å². The van der Waals surface area contributed by atoms with Gasteiger partial charge in [-0.05, 0) is 43.6 Å². The number of thiophene rings is 1. The van der Waals surface area contributed by atoms with E-state index < -0.39 is 11.6 Å². The second-order valence-corrected chi connectivity index (χ2v) is 7.94. The van der Waals surface area contributed by atoms with Crippen LogP contribution in [-0.2, 0) is 21.5 Å². The molecule has 4 amide bonds. The van der Waals surface area contributed by atoms with E-state index in [9.17, 15) is 14.4 Å². The second kappa shape index (κ2) is 6.20. The smallest absolute Gasteiger partial charge is 0.325 e. The van der Waals surface area contributed by atoms with E-state index in [1.54, 1.807) is 11.3 Å². The van der Waals surface area contributed by atoms with E-state index in [-0.39, 0.29) is 30.3 Å². The van der Waals surface area contributed by atoms with E-state index in [0.29, 0.717) is 6.42 Å². The maximum absolute atomic E-state index is 13.0. The van der Waals surface area contributed by atoms with Crippen molar-refractivity contribution < 1.29 is 14.4 Å². The molecule has 0 radical (unpaired) electrons. The second-order valence-electron chi connectivity index (χ2n) is 6.94. The van der Waals surface area contributed by atoms with Crippen molar-refractivity contribution in [3.63, 3.8) is 0 Å². The highest BCUT2D eigenvalue weighted by Gasteiger charge is 2.54. The van der Waals surface area contributed by atoms with Gasteiger partial charge in [-0.3, -0.25) is 14.5 Å². The SMILES string of the molecule is CC(C)[C@@H](C)NC(=O)CN1C(=O)N[C@]2(CCCc3sccc32)C1=O. The molecule has 24 heavy (non-hydrogen) atoms. The highest BCUT2D eigenvalue weighted by Crippen LogP contribution is 2.41. The van der Waals surface area contributed by atoms with Crippen molar-refractivity contribution in [2.45, 2.75) is 51.6 Å². The maximum atomic E-state index is 13.0. The Labute approximate surface area is 145 Å². The number of urea groups is 1. The Kier molecular flexibility index (Phi) is 4.38. The van der Waals surface area contributed by atoms with Crippen molar-refractivity contribution in [3.8, 4) is 0 Å². The van der Waals surface area contributed by atoms with Gasteiger partial charge < -0.3 is 10.6 Å². The third-order valence-electron chi connectivity index (χ3n) is 5.03. The standard InChI is InChI=1S/C17H23N3O3S/c1-10(2)11(3)18-14(21)9-20-15(22)17(19-16(20)23)7-4-5-13-12(17)6-8-24-13/h6,8,10-11H,4-5,7,9H2,1-3H3,(H,18,21)(H,19,23)/t11-,17+/m1/s1. The molecule has 1 aromatic heterocycles. The molecule has 2 atom stereocenters. The Morgan fingerprint density at radius 2 is 2.17 bits per heavy atom. The van der Waals surface area contributed by atoms with Gasteiger partial charge in [0.15, 0.2) is 0 Å². The first-order valence-electron chi connectivity index (χ1n) is 8.35. The number of nitrogens with one attached hydrogen (secondary N) is 2. The first-order chi connectivity index (χ1) is 11.3. The van der Waals surface area contributed by atoms with Crippen LogP contribution < -0.4 is 10.6 Å². The van der Waals surface area contributed by atoms with Crippen LogP contribution in [0.2, 0.25) is 0 Å². The highest BCUT2D eigenvalue weighted by molar-refractivity contribution is 7.10. The number of hydrogen-bond donors (Lipinski definition) is 2. The van der Waals surface area contributed by atoms with Crippen molar-refractivity contribution >= 4 is 29.2 Å². The molecule has 130 valence electrons. The largest absolute Gasteiger partial charge is 0.352 e. The number of aryl methyl sites for hydroxylation is 1. The van der Waals surface area contributed by atoms with E-state index >= 15 is 0 Å². The summed E-state index contributed by atoms with van der Waals surface area (Å²) >= 11 is 1.61. The van der Waals surface area contributed by atoms with Crippen LogP contribution in [0.4, 0.5) is 4.79 Å². The molecule has 1 spiro atoms. The molecule has 3 rings (SSSR count). The summed E-state index contributed by atoms with van der Waals surface area (Å²) in [7, 11) is 0. The number of fused-ring (bicyclic) bond motifs is 2. The molecule has 1 aliphatic heterocycles. The molecule has 2 aliphatic rings. The fourth-order valence-electron chi connectivity index (χ4n) is 3.29. The van der Waals surface area contributed by atoms with Gasteiger partial charge in [-0.15, -0.1) is 11.3 Å². The minimum atomic E-state index is -0.978. The number of nitrogens with zero attached hydrogens (tertiary/aromatic N) is 1. The zero-order chi connectivity index (χ0) is 17.5. The van der Waals surface area contributed by atoms with Crippen LogP contribution in [0.5, 0.6) is 0 Å². The quantitative estimate of drug-likeness (QED) is 0.816. The fraction of sp³-hybridized carbons (Fsp3) is 0.588. The summed E-state index contributed by atoms with van der Waals surface area (Å²) in [6.07, 6.45) is 2.37. The Balaban J connectivity index is 1.78. The van der Waals surface area contributed by atoms with Gasteiger partial charge in [-0.2, -0.15) is 0 Å². The van der Waals surface area contributed by atoms with Crippen LogP contribution in [0.15, 0.2) is 11.4 Å². The average Bonchev–Trinajstić information content (AvgIpc) is 3.08. The summed E-state index contributed by atoms with van der Waals surface area (Å²) in [5, 5.41) is 7.65. The number of carbonyl (C=O) groups is 3. The predicted molar refractivity (Wildman–Crippen MR) is 91.6 cm³/mol. The molecular formula is C17H23N3O3S. The molecule has 1 saturated heterocycles. The van der Waals surface area contributed by atoms with Gasteiger partial charge >= 0.3 is 6.03 Å². The first-order valence-corrected chi connectivity index (χ1v) is 9.23. The van der Waals surface area contributed by atoms with E-state index in [1.807, 2.05) is 32.2 Å². The topological polar surface area (TPSA) is 78.5 Å². The van der Waals surface area contributed by atoms with Gasteiger partial charge in [0.05, 0.1) is 0 Å². The van der Waals surface area contributed by atoms with Crippen LogP contribution in [0.3, 0.4) is 0 Å². The molecule has 2 heterocycles. The number of imide groups is 1. The zero-order valence-electron chi connectivity index (χ0n) is 14.2. The zero-order valence-corrected chi connectivity index (χ0v) is 15.0. The van der Waals surface area contributed by atoms with Gasteiger partial charge in [0, 0.05) is 16.5 Å². The lowest BCUT2D eigenvalue weighted by atomic mass is 9.80. The average molecular weight is 349 g/mol. The summed E-state index contributed by atoms with van der Waals surface area (Å²) in [6.45, 7) is 5.69. The van der Waals surface area contributed by atoms with Crippen molar-refractivity contribution in [2.75, 3.05) is 6.54 Å². The lowest BCUT2D eigenvalue weighted by Gasteiger charge is -2.31. The van der Waals surface area contributed by atoms with Crippen LogP contribution in [-0.4, -0.2) is 35.3 Å². The van der Waals surface area contributed by atoms with Crippen LogP contribution >= 0.6 is 11.3 Å². The molecule has 6 nitrogen and oxygen atoms in total. The van der Waals surface area contributed by atoms with E-state index in [0.717, 1.165) is 28.2 Å². The minimum absolute atomic E-state index is 0.00890. The van der Waals surface area contributed by atoms with Gasteiger partial charge in [0.1, 0.15) is 12.1 Å². The van der Waals surface area contributed by atoms with Crippen LogP contribution in [0.1, 0.15) is 44.1 Å². The lowest BCUT2D eigenvalue weighted by molar-refractivity contribution is -0.135. The summed E-state index contributed by atoms with van der Waals surface area (Å²) < 4.78 is 0. The van der Waals surface area contributed by atoms with Gasteiger partial charge in [0.25, 0.3) is 5.91 Å². The van der Waals surface area contributed by atoms with Crippen molar-refractivity contribution in [1.82, 2.24) is 15.5 Å². The number of carbonyl (C=O) groups excluding carboxylic acids is 3. The van der Waals surface area contributed by atoms with Crippen molar-refractivity contribution in [3.05, 3.63) is 21.9 Å². The molecule has 1 aliphatic carbocycles.